The van der Waals surface area contributed by atoms with Gasteiger partial charge in [-0.2, -0.15) is 0 Å². The summed E-state index contributed by atoms with van der Waals surface area (Å²) in [4.78, 5) is 4.53. The molecule has 1 aromatic heterocycles. The number of nitrogens with two attached hydrogens (primary N) is 1. The average molecular weight is 142 g/mol. The highest BCUT2D eigenvalue weighted by Crippen LogP contribution is 2.08. The maximum atomic E-state index is 4.94. The van der Waals surface area contributed by atoms with Crippen LogP contribution in [0.5, 0.6) is 0 Å². The van der Waals surface area contributed by atoms with Gasteiger partial charge in [0.05, 0.1) is 6.20 Å². The van der Waals surface area contributed by atoms with Gasteiger partial charge in [-0.1, -0.05) is 5.21 Å². The van der Waals surface area contributed by atoms with Gasteiger partial charge in [0.1, 0.15) is 11.8 Å². The van der Waals surface area contributed by atoms with Crippen molar-refractivity contribution < 1.29 is 4.84 Å². The summed E-state index contributed by atoms with van der Waals surface area (Å²) in [5.41, 5.74) is 0.741. The Morgan fingerprint density at radius 3 is 2.90 bits per heavy atom. The van der Waals surface area contributed by atoms with Crippen LogP contribution in [0, 0.1) is 0 Å². The summed E-state index contributed by atoms with van der Waals surface area (Å²) in [5.74, 6) is 4.94. The second-order valence-corrected chi connectivity index (χ2v) is 2.10. The van der Waals surface area contributed by atoms with Crippen LogP contribution >= 0.6 is 0 Å². The normalized spacial score (nSPS) is 13.5. The van der Waals surface area contributed by atoms with Crippen LogP contribution < -0.4 is 5.90 Å². The quantitative estimate of drug-likeness (QED) is 0.579. The van der Waals surface area contributed by atoms with Gasteiger partial charge >= 0.3 is 0 Å². The van der Waals surface area contributed by atoms with Gasteiger partial charge in [0.25, 0.3) is 0 Å². The molecule has 0 aromatic carbocycles. The van der Waals surface area contributed by atoms with Gasteiger partial charge in [0.2, 0.25) is 0 Å². The predicted octanol–water partition coefficient (Wildman–Crippen LogP) is -0.234. The second kappa shape index (κ2) is 2.76. The van der Waals surface area contributed by atoms with Crippen LogP contribution in [-0.2, 0) is 11.9 Å². The topological polar surface area (TPSA) is 66.0 Å². The predicted molar refractivity (Wildman–Crippen MR) is 34.7 cm³/mol. The lowest BCUT2D eigenvalue weighted by Crippen LogP contribution is -2.05. The summed E-state index contributed by atoms with van der Waals surface area (Å²) in [7, 11) is 1.79. The number of aromatic nitrogens is 3. The van der Waals surface area contributed by atoms with Crippen LogP contribution in [0.1, 0.15) is 18.7 Å². The summed E-state index contributed by atoms with van der Waals surface area (Å²) in [5, 5.41) is 7.51. The zero-order chi connectivity index (χ0) is 7.56. The Labute approximate surface area is 58.7 Å². The van der Waals surface area contributed by atoms with Crippen molar-refractivity contribution in [3.8, 4) is 0 Å². The molecule has 1 heterocycles. The standard InChI is InChI=1S/C5H10N4O/c1-4(10-6)5-3-9(2)8-7-5/h3-4H,6H2,1-2H3. The maximum Gasteiger partial charge on any atom is 0.121 e. The van der Waals surface area contributed by atoms with Crippen molar-refractivity contribution in [1.82, 2.24) is 15.0 Å². The number of hydrogen-bond acceptors (Lipinski definition) is 4. The fourth-order valence-electron chi connectivity index (χ4n) is 0.621. The van der Waals surface area contributed by atoms with E-state index in [2.05, 4.69) is 15.1 Å². The molecule has 0 amide bonds. The van der Waals surface area contributed by atoms with Crippen LogP contribution in [0.25, 0.3) is 0 Å². The summed E-state index contributed by atoms with van der Waals surface area (Å²) < 4.78 is 1.60. The van der Waals surface area contributed by atoms with E-state index in [0.717, 1.165) is 5.69 Å². The Morgan fingerprint density at radius 1 is 1.80 bits per heavy atom. The molecule has 2 N–H and O–H groups in total. The van der Waals surface area contributed by atoms with Gasteiger partial charge < -0.3 is 0 Å². The molecule has 0 aliphatic rings. The Bertz CT molecular complexity index is 209. The van der Waals surface area contributed by atoms with Crippen molar-refractivity contribution in [1.29, 1.82) is 0 Å². The molecule has 0 aliphatic carbocycles. The second-order valence-electron chi connectivity index (χ2n) is 2.10. The fraction of sp³-hybridized carbons (Fsp3) is 0.600. The highest BCUT2D eigenvalue weighted by molar-refractivity contribution is 4.95. The summed E-state index contributed by atoms with van der Waals surface area (Å²) in [6.45, 7) is 1.81. The van der Waals surface area contributed by atoms with Crippen LogP contribution in [0.15, 0.2) is 6.20 Å². The van der Waals surface area contributed by atoms with Crippen molar-refractivity contribution >= 4 is 0 Å². The molecule has 1 aromatic rings. The monoisotopic (exact) mass is 142 g/mol. The van der Waals surface area contributed by atoms with Crippen molar-refractivity contribution in [3.63, 3.8) is 0 Å². The number of aryl methyl sites for hydroxylation is 1. The van der Waals surface area contributed by atoms with Gasteiger partial charge in [-0.25, -0.2) is 5.90 Å². The Balaban J connectivity index is 2.74. The van der Waals surface area contributed by atoms with E-state index in [0.29, 0.717) is 0 Å². The first-order valence-electron chi connectivity index (χ1n) is 2.96. The molecule has 0 fully saturated rings. The minimum Gasteiger partial charge on any atom is -0.295 e. The van der Waals surface area contributed by atoms with Gasteiger partial charge in [-0.15, -0.1) is 5.10 Å². The van der Waals surface area contributed by atoms with Gasteiger partial charge in [0, 0.05) is 7.05 Å². The maximum absolute atomic E-state index is 4.94. The zero-order valence-electron chi connectivity index (χ0n) is 5.98. The molecule has 0 aliphatic heterocycles. The van der Waals surface area contributed by atoms with Gasteiger partial charge in [-0.3, -0.25) is 9.52 Å². The van der Waals surface area contributed by atoms with E-state index in [-0.39, 0.29) is 6.10 Å². The lowest BCUT2D eigenvalue weighted by Gasteiger charge is -2.01. The van der Waals surface area contributed by atoms with Gasteiger partial charge in [-0.05, 0) is 6.92 Å². The van der Waals surface area contributed by atoms with E-state index in [1.54, 1.807) is 17.9 Å². The van der Waals surface area contributed by atoms with E-state index < -0.39 is 0 Å². The molecule has 0 saturated carbocycles. The van der Waals surface area contributed by atoms with Crippen LogP contribution in [0.2, 0.25) is 0 Å². The molecule has 1 atom stereocenters. The first kappa shape index (κ1) is 7.17. The average Bonchev–Trinajstić information content (AvgIpc) is 2.34. The Kier molecular flexibility index (Phi) is 1.98. The molecule has 56 valence electrons. The Hall–Kier alpha value is -0.940. The molecule has 1 rings (SSSR count). The van der Waals surface area contributed by atoms with Crippen molar-refractivity contribution in [2.75, 3.05) is 0 Å². The van der Waals surface area contributed by atoms with Crippen molar-refractivity contribution in [2.24, 2.45) is 12.9 Å². The highest BCUT2D eigenvalue weighted by Gasteiger charge is 2.06. The van der Waals surface area contributed by atoms with Crippen LogP contribution in [0.3, 0.4) is 0 Å². The van der Waals surface area contributed by atoms with E-state index in [1.165, 1.54) is 0 Å². The summed E-state index contributed by atoms with van der Waals surface area (Å²) in [6.07, 6.45) is 1.58. The number of hydrogen-bond donors (Lipinski definition) is 1. The third-order valence-electron chi connectivity index (χ3n) is 1.24. The molecule has 10 heavy (non-hydrogen) atoms. The van der Waals surface area contributed by atoms with E-state index in [1.807, 2.05) is 6.92 Å². The molecule has 5 nitrogen and oxygen atoms in total. The largest absolute Gasteiger partial charge is 0.295 e. The number of rotatable bonds is 2. The lowest BCUT2D eigenvalue weighted by molar-refractivity contribution is 0.0633. The molecular weight excluding hydrogens is 132 g/mol. The first-order valence-corrected chi connectivity index (χ1v) is 2.96. The minimum atomic E-state index is -0.186. The van der Waals surface area contributed by atoms with Crippen LogP contribution in [0.4, 0.5) is 0 Å². The highest BCUT2D eigenvalue weighted by atomic mass is 16.6. The fourth-order valence-corrected chi connectivity index (χ4v) is 0.621. The van der Waals surface area contributed by atoms with Crippen LogP contribution in [-0.4, -0.2) is 15.0 Å². The van der Waals surface area contributed by atoms with E-state index >= 15 is 0 Å². The third-order valence-corrected chi connectivity index (χ3v) is 1.24. The first-order chi connectivity index (χ1) is 4.74. The van der Waals surface area contributed by atoms with E-state index in [4.69, 9.17) is 5.90 Å². The smallest absolute Gasteiger partial charge is 0.121 e. The number of nitrogens with zero attached hydrogens (tertiary/aromatic N) is 3. The SMILES string of the molecule is CC(ON)c1cn(C)nn1. The molecular formula is C5H10N4O. The molecule has 0 radical (unpaired) electrons. The van der Waals surface area contributed by atoms with E-state index in [9.17, 15) is 0 Å². The van der Waals surface area contributed by atoms with Crippen molar-refractivity contribution in [3.05, 3.63) is 11.9 Å². The molecule has 1 unspecified atom stereocenters. The summed E-state index contributed by atoms with van der Waals surface area (Å²) >= 11 is 0. The van der Waals surface area contributed by atoms with Crippen molar-refractivity contribution in [2.45, 2.75) is 13.0 Å². The third kappa shape index (κ3) is 1.31. The Morgan fingerprint density at radius 2 is 2.50 bits per heavy atom. The zero-order valence-corrected chi connectivity index (χ0v) is 5.98. The summed E-state index contributed by atoms with van der Waals surface area (Å²) in [6, 6.07) is 0. The molecule has 0 saturated heterocycles. The lowest BCUT2D eigenvalue weighted by atomic mass is 10.3. The van der Waals surface area contributed by atoms with Gasteiger partial charge in [0.15, 0.2) is 0 Å². The minimum absolute atomic E-state index is 0.186. The molecule has 0 bridgehead atoms. The molecule has 5 heteroatoms. The molecule has 0 spiro atoms.